The molecule has 1 aliphatic rings. The minimum absolute atomic E-state index is 0. The van der Waals surface area contributed by atoms with Crippen LogP contribution in [0.3, 0.4) is 0 Å². The molecule has 2 rings (SSSR count). The first kappa shape index (κ1) is 19.1. The molecule has 1 heterocycles. The van der Waals surface area contributed by atoms with Crippen molar-refractivity contribution < 1.29 is 13.9 Å². The summed E-state index contributed by atoms with van der Waals surface area (Å²) in [4.78, 5) is 1.67. The Morgan fingerprint density at radius 2 is 2.00 bits per heavy atom. The summed E-state index contributed by atoms with van der Waals surface area (Å²) in [6.45, 7) is 1.07. The second-order valence-corrected chi connectivity index (χ2v) is 6.10. The number of hydrogen-bond donors (Lipinski definition) is 2. The van der Waals surface area contributed by atoms with Crippen molar-refractivity contribution in [2.24, 2.45) is 0 Å². The fourth-order valence-electron chi connectivity index (χ4n) is 2.44. The van der Waals surface area contributed by atoms with E-state index in [9.17, 15) is 8.78 Å². The molecule has 0 spiro atoms. The number of nitrogens with one attached hydrogen (secondary N) is 1. The van der Waals surface area contributed by atoms with Crippen LogP contribution in [0.25, 0.3) is 0 Å². The number of benzene rings is 1. The van der Waals surface area contributed by atoms with Gasteiger partial charge in [0.05, 0.1) is 0 Å². The van der Waals surface area contributed by atoms with Crippen molar-refractivity contribution >= 4 is 39.9 Å². The summed E-state index contributed by atoms with van der Waals surface area (Å²) in [6.07, 6.45) is 0. The Morgan fingerprint density at radius 1 is 1.38 bits per heavy atom. The standard InChI is InChI=1S/C13H16BrClF2N2O.ClH/c14-9-1-2-10(11(15)7-9)12(13(16,17)8-20)19-5-3-18-4-6-19;/h1-2,7,12,18,20H,3-6,8H2;1H/t12-;/m1./s1. The molecule has 1 aliphatic heterocycles. The van der Waals surface area contributed by atoms with Crippen molar-refractivity contribution in [2.75, 3.05) is 32.8 Å². The van der Waals surface area contributed by atoms with E-state index in [0.29, 0.717) is 31.7 Å². The van der Waals surface area contributed by atoms with E-state index in [1.54, 1.807) is 23.1 Å². The third kappa shape index (κ3) is 4.50. The number of nitrogens with zero attached hydrogens (tertiary/aromatic N) is 1. The Kier molecular flexibility index (Phi) is 7.30. The molecule has 120 valence electrons. The highest BCUT2D eigenvalue weighted by molar-refractivity contribution is 9.10. The normalized spacial score (nSPS) is 18.1. The summed E-state index contributed by atoms with van der Waals surface area (Å²) < 4.78 is 29.1. The van der Waals surface area contributed by atoms with Crippen LogP contribution in [0.15, 0.2) is 22.7 Å². The highest BCUT2D eigenvalue weighted by atomic mass is 79.9. The van der Waals surface area contributed by atoms with E-state index in [1.165, 1.54) is 0 Å². The van der Waals surface area contributed by atoms with Gasteiger partial charge in [-0.1, -0.05) is 33.6 Å². The molecule has 21 heavy (non-hydrogen) atoms. The first-order valence-corrected chi connectivity index (χ1v) is 7.51. The zero-order valence-electron chi connectivity index (χ0n) is 11.2. The van der Waals surface area contributed by atoms with E-state index < -0.39 is 18.6 Å². The molecular weight excluding hydrogens is 389 g/mol. The van der Waals surface area contributed by atoms with Gasteiger partial charge in [0.25, 0.3) is 5.92 Å². The molecule has 0 aliphatic carbocycles. The number of hydrogen-bond acceptors (Lipinski definition) is 3. The first-order chi connectivity index (χ1) is 9.45. The van der Waals surface area contributed by atoms with Crippen molar-refractivity contribution in [1.29, 1.82) is 0 Å². The predicted molar refractivity (Wildman–Crippen MR) is 85.6 cm³/mol. The topological polar surface area (TPSA) is 35.5 Å². The smallest absolute Gasteiger partial charge is 0.289 e. The summed E-state index contributed by atoms with van der Waals surface area (Å²) in [5.41, 5.74) is 0.343. The highest BCUT2D eigenvalue weighted by Crippen LogP contribution is 2.40. The van der Waals surface area contributed by atoms with Gasteiger partial charge in [0.2, 0.25) is 0 Å². The SMILES string of the molecule is Cl.OCC(F)(F)[C@@H](c1ccc(Br)cc1Cl)N1CCNCC1. The summed E-state index contributed by atoms with van der Waals surface area (Å²) in [5.74, 6) is -3.24. The van der Waals surface area contributed by atoms with Crippen LogP contribution in [-0.4, -0.2) is 48.7 Å². The third-order valence-corrected chi connectivity index (χ3v) is 4.21. The number of halogens is 5. The van der Waals surface area contributed by atoms with Gasteiger partial charge in [-0.15, -0.1) is 12.4 Å². The largest absolute Gasteiger partial charge is 0.390 e. The molecule has 1 aromatic rings. The minimum atomic E-state index is -3.24. The van der Waals surface area contributed by atoms with Gasteiger partial charge in [-0.05, 0) is 17.7 Å². The van der Waals surface area contributed by atoms with Crippen LogP contribution in [0.4, 0.5) is 8.78 Å². The molecule has 0 amide bonds. The molecule has 8 heteroatoms. The number of piperazine rings is 1. The maximum absolute atomic E-state index is 14.2. The van der Waals surface area contributed by atoms with Crippen LogP contribution >= 0.6 is 39.9 Å². The Hall–Kier alpha value is 0.0200. The van der Waals surface area contributed by atoms with Crippen molar-refractivity contribution in [2.45, 2.75) is 12.0 Å². The molecule has 1 atom stereocenters. The summed E-state index contributed by atoms with van der Waals surface area (Å²) in [5, 5.41) is 12.5. The van der Waals surface area contributed by atoms with Gasteiger partial charge < -0.3 is 10.4 Å². The predicted octanol–water partition coefficient (Wildman–Crippen LogP) is 3.10. The molecule has 2 N–H and O–H groups in total. The van der Waals surface area contributed by atoms with E-state index in [4.69, 9.17) is 16.7 Å². The van der Waals surface area contributed by atoms with Crippen LogP contribution in [0.5, 0.6) is 0 Å². The molecule has 1 aromatic carbocycles. The number of alkyl halides is 2. The molecule has 0 unspecified atom stereocenters. The van der Waals surface area contributed by atoms with E-state index in [1.807, 2.05) is 0 Å². The van der Waals surface area contributed by atoms with Crippen molar-refractivity contribution in [1.82, 2.24) is 10.2 Å². The van der Waals surface area contributed by atoms with E-state index in [2.05, 4.69) is 21.2 Å². The van der Waals surface area contributed by atoms with Gasteiger partial charge in [0.1, 0.15) is 12.6 Å². The second kappa shape index (κ2) is 8.04. The van der Waals surface area contributed by atoms with Crippen LogP contribution in [0.1, 0.15) is 11.6 Å². The molecule has 0 aromatic heterocycles. The summed E-state index contributed by atoms with van der Waals surface area (Å²) in [7, 11) is 0. The van der Waals surface area contributed by atoms with Gasteiger partial charge in [0, 0.05) is 35.7 Å². The maximum atomic E-state index is 14.2. The average molecular weight is 406 g/mol. The van der Waals surface area contributed by atoms with Gasteiger partial charge in [-0.25, -0.2) is 8.78 Å². The lowest BCUT2D eigenvalue weighted by atomic mass is 9.98. The van der Waals surface area contributed by atoms with Crippen LogP contribution < -0.4 is 5.32 Å². The van der Waals surface area contributed by atoms with Gasteiger partial charge in [-0.2, -0.15) is 0 Å². The Morgan fingerprint density at radius 3 is 2.52 bits per heavy atom. The van der Waals surface area contributed by atoms with Crippen molar-refractivity contribution in [3.8, 4) is 0 Å². The minimum Gasteiger partial charge on any atom is -0.390 e. The molecule has 1 saturated heterocycles. The van der Waals surface area contributed by atoms with Crippen LogP contribution in [-0.2, 0) is 0 Å². The number of rotatable bonds is 4. The summed E-state index contributed by atoms with van der Waals surface area (Å²) >= 11 is 9.38. The van der Waals surface area contributed by atoms with Gasteiger partial charge in [-0.3, -0.25) is 4.90 Å². The molecular formula is C13H17BrCl2F2N2O. The quantitative estimate of drug-likeness (QED) is 0.807. The van der Waals surface area contributed by atoms with Crippen molar-refractivity contribution in [3.05, 3.63) is 33.3 Å². The molecule has 0 saturated carbocycles. The molecule has 0 bridgehead atoms. The lowest BCUT2D eigenvalue weighted by Crippen LogP contribution is -2.51. The molecule has 3 nitrogen and oxygen atoms in total. The third-order valence-electron chi connectivity index (χ3n) is 3.38. The molecule has 1 fully saturated rings. The van der Waals surface area contributed by atoms with E-state index in [0.717, 1.165) is 4.47 Å². The van der Waals surface area contributed by atoms with Crippen molar-refractivity contribution in [3.63, 3.8) is 0 Å². The van der Waals surface area contributed by atoms with Crippen LogP contribution in [0, 0.1) is 0 Å². The van der Waals surface area contributed by atoms with Crippen LogP contribution in [0.2, 0.25) is 5.02 Å². The average Bonchev–Trinajstić information content (AvgIpc) is 2.43. The Balaban J connectivity index is 0.00000220. The highest BCUT2D eigenvalue weighted by Gasteiger charge is 2.44. The lowest BCUT2D eigenvalue weighted by molar-refractivity contribution is -0.118. The van der Waals surface area contributed by atoms with E-state index >= 15 is 0 Å². The maximum Gasteiger partial charge on any atom is 0.289 e. The fourth-order valence-corrected chi connectivity index (χ4v) is 3.22. The second-order valence-electron chi connectivity index (χ2n) is 4.77. The fraction of sp³-hybridized carbons (Fsp3) is 0.538. The molecule has 0 radical (unpaired) electrons. The Bertz CT molecular complexity index is 473. The lowest BCUT2D eigenvalue weighted by Gasteiger charge is -2.39. The zero-order chi connectivity index (χ0) is 14.8. The van der Waals surface area contributed by atoms with Gasteiger partial charge >= 0.3 is 0 Å². The first-order valence-electron chi connectivity index (χ1n) is 6.34. The number of aliphatic hydroxyl groups is 1. The van der Waals surface area contributed by atoms with Gasteiger partial charge in [0.15, 0.2) is 0 Å². The monoisotopic (exact) mass is 404 g/mol. The Labute approximate surface area is 142 Å². The summed E-state index contributed by atoms with van der Waals surface area (Å²) in [6, 6.07) is 3.65. The zero-order valence-corrected chi connectivity index (χ0v) is 14.3. The van der Waals surface area contributed by atoms with E-state index in [-0.39, 0.29) is 17.4 Å². The number of aliphatic hydroxyl groups excluding tert-OH is 1.